The van der Waals surface area contributed by atoms with E-state index in [1.165, 1.54) is 12.8 Å². The average Bonchev–Trinajstić information content (AvgIpc) is 2.38. The zero-order chi connectivity index (χ0) is 7.40. The van der Waals surface area contributed by atoms with E-state index < -0.39 is 0 Å². The summed E-state index contributed by atoms with van der Waals surface area (Å²) < 4.78 is 2.14. The second-order valence-electron chi connectivity index (χ2n) is 2.65. The van der Waals surface area contributed by atoms with Gasteiger partial charge in [-0.1, -0.05) is 13.3 Å². The van der Waals surface area contributed by atoms with Gasteiger partial charge in [0, 0.05) is 18.4 Å². The molecule has 2 nitrogen and oxygen atoms in total. The van der Waals surface area contributed by atoms with Crippen molar-refractivity contribution in [2.24, 2.45) is 0 Å². The molecule has 1 heterocycles. The number of imidazole rings is 1. The number of hydrogen-bond acceptors (Lipinski definition) is 1. The summed E-state index contributed by atoms with van der Waals surface area (Å²) in [7, 11) is 0. The van der Waals surface area contributed by atoms with Crippen LogP contribution in [0.5, 0.6) is 0 Å². The highest BCUT2D eigenvalue weighted by Crippen LogP contribution is 2.10. The van der Waals surface area contributed by atoms with Crippen LogP contribution >= 0.6 is 0 Å². The highest BCUT2D eigenvalue weighted by molar-refractivity contribution is 5.75. The predicted molar refractivity (Wildman–Crippen MR) is 54.3 cm³/mol. The van der Waals surface area contributed by atoms with E-state index in [0.29, 0.717) is 6.04 Å². The van der Waals surface area contributed by atoms with Crippen molar-refractivity contribution < 1.29 is 4.70 Å². The lowest BCUT2D eigenvalue weighted by molar-refractivity contribution is 0.500. The van der Waals surface area contributed by atoms with Crippen LogP contribution in [0.3, 0.4) is 0 Å². The first-order valence-electron chi connectivity index (χ1n) is 3.82. The monoisotopic (exact) mass is 172 g/mol. The Bertz CT molecular complexity index is 177. The maximum Gasteiger partial charge on any atom is 0.0948 e. The van der Waals surface area contributed by atoms with Crippen LogP contribution in [-0.2, 0) is 0 Å². The fourth-order valence-electron chi connectivity index (χ4n) is 1.10. The van der Waals surface area contributed by atoms with Crippen LogP contribution in [0.15, 0.2) is 18.7 Å². The summed E-state index contributed by atoms with van der Waals surface area (Å²) in [6.07, 6.45) is 8.18. The molecule has 0 amide bonds. The molecule has 1 atom stereocenters. The summed E-state index contributed by atoms with van der Waals surface area (Å²) in [5.41, 5.74) is 0. The second kappa shape index (κ2) is 6.89. The molecule has 0 saturated heterocycles. The van der Waals surface area contributed by atoms with Crippen molar-refractivity contribution in [3.8, 4) is 0 Å². The second-order valence-corrected chi connectivity index (χ2v) is 2.65. The van der Waals surface area contributed by atoms with Crippen molar-refractivity contribution in [1.82, 2.24) is 9.55 Å². The molecule has 0 fully saturated rings. The van der Waals surface area contributed by atoms with Crippen LogP contribution in [0.4, 0.5) is 4.70 Å². The van der Waals surface area contributed by atoms with Gasteiger partial charge in [-0.05, 0) is 13.3 Å². The molecule has 0 aliphatic heterocycles. The normalized spacial score (nSPS) is 11.2. The molecule has 1 aromatic heterocycles. The maximum atomic E-state index is 3.99. The van der Waals surface area contributed by atoms with Crippen LogP contribution < -0.4 is 0 Å². The van der Waals surface area contributed by atoms with Gasteiger partial charge in [0.1, 0.15) is 0 Å². The first kappa shape index (κ1) is 13.8. The van der Waals surface area contributed by atoms with E-state index in [2.05, 4.69) is 23.4 Å². The van der Waals surface area contributed by atoms with Gasteiger partial charge in [0.25, 0.3) is 0 Å². The van der Waals surface area contributed by atoms with Gasteiger partial charge in [-0.2, -0.15) is 0 Å². The van der Waals surface area contributed by atoms with Gasteiger partial charge in [0.15, 0.2) is 0 Å². The van der Waals surface area contributed by atoms with Crippen LogP contribution in [0.1, 0.15) is 32.7 Å². The predicted octanol–water partition coefficient (Wildman–Crippen LogP) is 1.21. The molecule has 0 radical (unpaired) electrons. The minimum Gasteiger partial charge on any atom is -0.335 e. The summed E-state index contributed by atoms with van der Waals surface area (Å²) >= 11 is 0. The molecule has 4 heteroatoms. The van der Waals surface area contributed by atoms with E-state index in [1.807, 2.05) is 18.7 Å². The summed E-state index contributed by atoms with van der Waals surface area (Å²) in [5.74, 6) is 0. The molecule has 70 valence electrons. The highest BCUT2D eigenvalue weighted by Gasteiger charge is 1.99. The molecule has 0 aliphatic rings. The summed E-state index contributed by atoms with van der Waals surface area (Å²) in [6.45, 7) is 4.42. The van der Waals surface area contributed by atoms with Crippen molar-refractivity contribution in [3.05, 3.63) is 18.7 Å². The number of aromatic nitrogens is 2. The summed E-state index contributed by atoms with van der Waals surface area (Å²) in [6, 6.07) is 0.604. The first-order valence-corrected chi connectivity index (χ1v) is 3.82. The third-order valence-electron chi connectivity index (χ3n) is 1.74. The van der Waals surface area contributed by atoms with Gasteiger partial charge >= 0.3 is 0 Å². The first-order chi connectivity index (χ1) is 4.84. The standard InChI is InChI=1S/C8H14N2.BH3.FH/c1-3-4-8(2)10-6-5-9-7-10;;/h5-8H,3-4H2,1-2H3;1H3;1H. The number of hydrogen-bond donors (Lipinski definition) is 0. The molecular weight excluding hydrogens is 154 g/mol. The lowest BCUT2D eigenvalue weighted by Gasteiger charge is -2.10. The lowest BCUT2D eigenvalue weighted by Crippen LogP contribution is -2.00. The molecule has 0 bridgehead atoms. The number of halogens is 1. The van der Waals surface area contributed by atoms with Crippen molar-refractivity contribution in [1.29, 1.82) is 0 Å². The molecule has 0 saturated carbocycles. The average molecular weight is 172 g/mol. The van der Waals surface area contributed by atoms with Crippen LogP contribution in [-0.4, -0.2) is 18.0 Å². The Morgan fingerprint density at radius 3 is 2.58 bits per heavy atom. The smallest absolute Gasteiger partial charge is 0.0948 e. The van der Waals surface area contributed by atoms with E-state index in [-0.39, 0.29) is 13.1 Å². The highest BCUT2D eigenvalue weighted by atomic mass is 19.0. The van der Waals surface area contributed by atoms with Crippen LogP contribution in [0, 0.1) is 0 Å². The van der Waals surface area contributed by atoms with Gasteiger partial charge < -0.3 is 4.57 Å². The zero-order valence-corrected chi connectivity index (χ0v) is 7.03. The minimum atomic E-state index is 0. The Kier molecular flexibility index (Phi) is 7.90. The van der Waals surface area contributed by atoms with Gasteiger partial charge in [0.2, 0.25) is 0 Å². The van der Waals surface area contributed by atoms with Crippen LogP contribution in [0.25, 0.3) is 0 Å². The summed E-state index contributed by atoms with van der Waals surface area (Å²) in [5, 5.41) is 0. The van der Waals surface area contributed by atoms with E-state index in [4.69, 9.17) is 0 Å². The molecule has 0 aromatic carbocycles. The van der Waals surface area contributed by atoms with Gasteiger partial charge in [0.05, 0.1) is 14.7 Å². The zero-order valence-electron chi connectivity index (χ0n) is 7.03. The Hall–Kier alpha value is -0.795. The molecule has 0 N–H and O–H groups in total. The van der Waals surface area contributed by atoms with Gasteiger partial charge in [-0.3, -0.25) is 4.70 Å². The SMILES string of the molecule is B.CCCC(C)n1ccnc1.F. The van der Waals surface area contributed by atoms with Gasteiger partial charge in [-0.15, -0.1) is 0 Å². The third kappa shape index (κ3) is 3.55. The molecule has 1 aromatic rings. The quantitative estimate of drug-likeness (QED) is 0.626. The molecule has 0 spiro atoms. The van der Waals surface area contributed by atoms with E-state index in [1.54, 1.807) is 0 Å². The van der Waals surface area contributed by atoms with Crippen molar-refractivity contribution in [3.63, 3.8) is 0 Å². The topological polar surface area (TPSA) is 17.8 Å². The Morgan fingerprint density at radius 2 is 2.17 bits per heavy atom. The molecule has 1 rings (SSSR count). The largest absolute Gasteiger partial charge is 0.335 e. The summed E-state index contributed by atoms with van der Waals surface area (Å²) in [4.78, 5) is 3.99. The fraction of sp³-hybridized carbons (Fsp3) is 0.625. The number of rotatable bonds is 3. The van der Waals surface area contributed by atoms with Crippen molar-refractivity contribution in [2.75, 3.05) is 0 Å². The Morgan fingerprint density at radius 1 is 1.50 bits per heavy atom. The van der Waals surface area contributed by atoms with Crippen LogP contribution in [0.2, 0.25) is 0 Å². The molecule has 1 unspecified atom stereocenters. The van der Waals surface area contributed by atoms with E-state index in [9.17, 15) is 0 Å². The molecule has 0 aliphatic carbocycles. The molecular formula is C8H18BFN2. The van der Waals surface area contributed by atoms with E-state index >= 15 is 0 Å². The lowest BCUT2D eigenvalue weighted by atomic mass is 10.2. The van der Waals surface area contributed by atoms with Crippen molar-refractivity contribution in [2.45, 2.75) is 32.7 Å². The third-order valence-corrected chi connectivity index (χ3v) is 1.74. The Balaban J connectivity index is 0. The van der Waals surface area contributed by atoms with Crippen molar-refractivity contribution >= 4 is 8.41 Å². The molecule has 12 heavy (non-hydrogen) atoms. The number of nitrogens with zero attached hydrogens (tertiary/aromatic N) is 2. The van der Waals surface area contributed by atoms with Gasteiger partial charge in [-0.25, -0.2) is 4.98 Å². The van der Waals surface area contributed by atoms with E-state index in [0.717, 1.165) is 0 Å². The Labute approximate surface area is 74.9 Å². The maximum absolute atomic E-state index is 3.99. The fourth-order valence-corrected chi connectivity index (χ4v) is 1.10. The minimum absolute atomic E-state index is 0.